The van der Waals surface area contributed by atoms with Crippen LogP contribution in [0, 0.1) is 19.8 Å². The van der Waals surface area contributed by atoms with Crippen LogP contribution in [0.1, 0.15) is 50.2 Å². The molecule has 0 bridgehead atoms. The highest BCUT2D eigenvalue weighted by molar-refractivity contribution is 7.11. The van der Waals surface area contributed by atoms with E-state index in [9.17, 15) is 9.59 Å². The molecule has 3 rings (SSSR count). The standard InChI is InChI=1S/C19H25N5O2S/c1-12-17(27-11-20-12)19(26)24-7-5-6-14(10-24)8-15-9-16(18(25)23(3)4)22-13(2)21-15/h9,11,14H,5-8,10H2,1-4H3/t14-/m0/s1. The maximum Gasteiger partial charge on any atom is 0.272 e. The summed E-state index contributed by atoms with van der Waals surface area (Å²) < 4.78 is 0. The monoisotopic (exact) mass is 387 g/mol. The minimum Gasteiger partial charge on any atom is -0.343 e. The van der Waals surface area contributed by atoms with Gasteiger partial charge in [-0.2, -0.15) is 0 Å². The molecule has 144 valence electrons. The molecule has 2 aromatic rings. The predicted molar refractivity (Wildman–Crippen MR) is 104 cm³/mol. The molecule has 2 aromatic heterocycles. The van der Waals surface area contributed by atoms with Gasteiger partial charge in [0, 0.05) is 32.9 Å². The van der Waals surface area contributed by atoms with E-state index in [4.69, 9.17) is 0 Å². The number of piperidine rings is 1. The summed E-state index contributed by atoms with van der Waals surface area (Å²) in [6.07, 6.45) is 2.76. The first-order valence-corrected chi connectivity index (χ1v) is 9.98. The zero-order chi connectivity index (χ0) is 19.6. The maximum atomic E-state index is 12.8. The van der Waals surface area contributed by atoms with Gasteiger partial charge >= 0.3 is 0 Å². The van der Waals surface area contributed by atoms with Crippen LogP contribution >= 0.6 is 11.3 Å². The summed E-state index contributed by atoms with van der Waals surface area (Å²) in [4.78, 5) is 42.1. The Kier molecular flexibility index (Phi) is 5.84. The second kappa shape index (κ2) is 8.12. The van der Waals surface area contributed by atoms with E-state index >= 15 is 0 Å². The van der Waals surface area contributed by atoms with Gasteiger partial charge in [0.25, 0.3) is 11.8 Å². The van der Waals surface area contributed by atoms with E-state index in [1.807, 2.05) is 11.8 Å². The van der Waals surface area contributed by atoms with Crippen LogP contribution in [-0.2, 0) is 6.42 Å². The third-order valence-electron chi connectivity index (χ3n) is 4.76. The molecular formula is C19H25N5O2S. The number of hydrogen-bond acceptors (Lipinski definition) is 6. The Balaban J connectivity index is 1.72. The molecule has 7 nitrogen and oxygen atoms in total. The molecule has 0 N–H and O–H groups in total. The van der Waals surface area contributed by atoms with E-state index in [-0.39, 0.29) is 11.8 Å². The first-order chi connectivity index (χ1) is 12.8. The zero-order valence-electron chi connectivity index (χ0n) is 16.2. The fraction of sp³-hybridized carbons (Fsp3) is 0.526. The Morgan fingerprint density at radius 3 is 2.74 bits per heavy atom. The fourth-order valence-corrected chi connectivity index (χ4v) is 4.20. The third-order valence-corrected chi connectivity index (χ3v) is 5.68. The van der Waals surface area contributed by atoms with Crippen molar-refractivity contribution in [2.75, 3.05) is 27.2 Å². The lowest BCUT2D eigenvalue weighted by atomic mass is 9.93. The average molecular weight is 388 g/mol. The van der Waals surface area contributed by atoms with Gasteiger partial charge in [-0.05, 0) is 45.1 Å². The molecule has 0 aromatic carbocycles. The summed E-state index contributed by atoms with van der Waals surface area (Å²) in [5.74, 6) is 0.874. The molecule has 0 radical (unpaired) electrons. The van der Waals surface area contributed by atoms with Crippen molar-refractivity contribution in [3.8, 4) is 0 Å². The van der Waals surface area contributed by atoms with Gasteiger partial charge in [-0.15, -0.1) is 11.3 Å². The van der Waals surface area contributed by atoms with Crippen LogP contribution in [0.3, 0.4) is 0 Å². The normalized spacial score (nSPS) is 17.0. The first kappa shape index (κ1) is 19.4. The van der Waals surface area contributed by atoms with Gasteiger partial charge in [-0.1, -0.05) is 0 Å². The van der Waals surface area contributed by atoms with Gasteiger partial charge < -0.3 is 9.80 Å². The molecule has 1 atom stereocenters. The number of aryl methyl sites for hydroxylation is 2. The molecule has 1 fully saturated rings. The molecular weight excluding hydrogens is 362 g/mol. The highest BCUT2D eigenvalue weighted by Crippen LogP contribution is 2.24. The second-order valence-electron chi connectivity index (χ2n) is 7.22. The summed E-state index contributed by atoms with van der Waals surface area (Å²) >= 11 is 1.40. The topological polar surface area (TPSA) is 79.3 Å². The van der Waals surface area contributed by atoms with Crippen molar-refractivity contribution >= 4 is 23.2 Å². The van der Waals surface area contributed by atoms with Crippen LogP contribution in [0.25, 0.3) is 0 Å². The summed E-state index contributed by atoms with van der Waals surface area (Å²) in [6.45, 7) is 5.16. The van der Waals surface area contributed by atoms with Crippen molar-refractivity contribution in [3.05, 3.63) is 39.4 Å². The lowest BCUT2D eigenvalue weighted by Crippen LogP contribution is -2.40. The first-order valence-electron chi connectivity index (χ1n) is 9.10. The highest BCUT2D eigenvalue weighted by Gasteiger charge is 2.27. The van der Waals surface area contributed by atoms with Crippen molar-refractivity contribution in [2.24, 2.45) is 5.92 Å². The summed E-state index contributed by atoms with van der Waals surface area (Å²) in [6, 6.07) is 1.78. The Hall–Kier alpha value is -2.35. The van der Waals surface area contributed by atoms with E-state index in [0.717, 1.165) is 42.1 Å². The molecule has 0 unspecified atom stereocenters. The van der Waals surface area contributed by atoms with Crippen LogP contribution in [0.4, 0.5) is 0 Å². The summed E-state index contributed by atoms with van der Waals surface area (Å²) in [7, 11) is 3.43. The lowest BCUT2D eigenvalue weighted by Gasteiger charge is -2.32. The van der Waals surface area contributed by atoms with Crippen molar-refractivity contribution < 1.29 is 9.59 Å². The van der Waals surface area contributed by atoms with Crippen LogP contribution in [0.2, 0.25) is 0 Å². The molecule has 0 saturated carbocycles. The van der Waals surface area contributed by atoms with Gasteiger partial charge in [-0.25, -0.2) is 15.0 Å². The number of hydrogen-bond donors (Lipinski definition) is 0. The van der Waals surface area contributed by atoms with Gasteiger partial charge in [0.2, 0.25) is 0 Å². The van der Waals surface area contributed by atoms with E-state index in [1.165, 1.54) is 16.2 Å². The second-order valence-corrected chi connectivity index (χ2v) is 8.08. The number of thiazole rings is 1. The SMILES string of the molecule is Cc1nc(C[C@@H]2CCCN(C(=O)c3scnc3C)C2)cc(C(=O)N(C)C)n1. The number of aromatic nitrogens is 3. The minimum absolute atomic E-state index is 0.0713. The predicted octanol–water partition coefficient (Wildman–Crippen LogP) is 2.35. The highest BCUT2D eigenvalue weighted by atomic mass is 32.1. The Bertz CT molecular complexity index is 848. The number of carbonyl (C=O) groups is 2. The van der Waals surface area contributed by atoms with Crippen molar-refractivity contribution in [2.45, 2.75) is 33.1 Å². The van der Waals surface area contributed by atoms with E-state index in [2.05, 4.69) is 15.0 Å². The zero-order valence-corrected chi connectivity index (χ0v) is 17.0. The molecule has 27 heavy (non-hydrogen) atoms. The van der Waals surface area contributed by atoms with Crippen LogP contribution in [0.5, 0.6) is 0 Å². The van der Waals surface area contributed by atoms with Gasteiger partial charge in [0.15, 0.2) is 0 Å². The van der Waals surface area contributed by atoms with Gasteiger partial charge in [0.05, 0.1) is 11.2 Å². The fourth-order valence-electron chi connectivity index (χ4n) is 3.44. The molecule has 1 saturated heterocycles. The van der Waals surface area contributed by atoms with E-state index in [0.29, 0.717) is 24.0 Å². The summed E-state index contributed by atoms with van der Waals surface area (Å²) in [5, 5.41) is 0. The quantitative estimate of drug-likeness (QED) is 0.805. The van der Waals surface area contributed by atoms with Crippen molar-refractivity contribution in [1.82, 2.24) is 24.8 Å². The Morgan fingerprint density at radius 1 is 1.30 bits per heavy atom. The van der Waals surface area contributed by atoms with E-state index in [1.54, 1.807) is 32.6 Å². The summed E-state index contributed by atoms with van der Waals surface area (Å²) in [5.41, 5.74) is 3.80. The van der Waals surface area contributed by atoms with Gasteiger partial charge in [0.1, 0.15) is 16.4 Å². The number of carbonyl (C=O) groups excluding carboxylic acids is 2. The average Bonchev–Trinajstić information content (AvgIpc) is 3.06. The Labute approximate surface area is 163 Å². The lowest BCUT2D eigenvalue weighted by molar-refractivity contribution is 0.0676. The number of amides is 2. The minimum atomic E-state index is -0.122. The largest absolute Gasteiger partial charge is 0.343 e. The van der Waals surface area contributed by atoms with E-state index < -0.39 is 0 Å². The smallest absolute Gasteiger partial charge is 0.272 e. The number of rotatable bonds is 4. The van der Waals surface area contributed by atoms with Crippen molar-refractivity contribution in [1.29, 1.82) is 0 Å². The number of nitrogens with zero attached hydrogens (tertiary/aromatic N) is 5. The van der Waals surface area contributed by atoms with Crippen molar-refractivity contribution in [3.63, 3.8) is 0 Å². The van der Waals surface area contributed by atoms with Crippen LogP contribution < -0.4 is 0 Å². The molecule has 1 aliphatic rings. The molecule has 2 amide bonds. The molecule has 8 heteroatoms. The third kappa shape index (κ3) is 4.50. The molecule has 0 spiro atoms. The molecule has 0 aliphatic carbocycles. The molecule has 3 heterocycles. The van der Waals surface area contributed by atoms with Gasteiger partial charge in [-0.3, -0.25) is 9.59 Å². The maximum absolute atomic E-state index is 12.8. The van der Waals surface area contributed by atoms with Crippen LogP contribution in [0.15, 0.2) is 11.6 Å². The molecule has 1 aliphatic heterocycles. The number of likely N-dealkylation sites (tertiary alicyclic amines) is 1. The van der Waals surface area contributed by atoms with Crippen LogP contribution in [-0.4, -0.2) is 63.8 Å². The Morgan fingerprint density at radius 2 is 2.07 bits per heavy atom.